The summed E-state index contributed by atoms with van der Waals surface area (Å²) in [6.07, 6.45) is 4.83. The molecule has 4 amide bonds. The number of hydrogen-bond donors (Lipinski definition) is 2. The summed E-state index contributed by atoms with van der Waals surface area (Å²) >= 11 is 0. The van der Waals surface area contributed by atoms with Crippen molar-refractivity contribution in [2.45, 2.75) is 70.4 Å². The molecule has 2 fully saturated rings. The van der Waals surface area contributed by atoms with Crippen LogP contribution in [0.4, 0.5) is 10.5 Å². The van der Waals surface area contributed by atoms with Crippen molar-refractivity contribution in [2.75, 3.05) is 18.5 Å². The van der Waals surface area contributed by atoms with E-state index in [0.717, 1.165) is 30.6 Å². The van der Waals surface area contributed by atoms with E-state index in [1.165, 1.54) is 4.90 Å². The molecule has 1 spiro atoms. The molecule has 2 aliphatic heterocycles. The predicted octanol–water partition coefficient (Wildman–Crippen LogP) is 2.99. The highest BCUT2D eigenvalue weighted by atomic mass is 16.5. The van der Waals surface area contributed by atoms with Gasteiger partial charge in [-0.3, -0.25) is 14.5 Å². The second-order valence-corrected chi connectivity index (χ2v) is 8.35. The van der Waals surface area contributed by atoms with Gasteiger partial charge in [0, 0.05) is 31.0 Å². The van der Waals surface area contributed by atoms with Gasteiger partial charge in [0.1, 0.15) is 23.1 Å². The SMILES string of the molecule is CCOc1cc2c(cc1NC(=O)CCCN1C(=O)NC3(CCCC3)C1=O)O[C@@H](C)C2. The minimum absolute atomic E-state index is 0.104. The first kappa shape index (κ1) is 20.5. The molecule has 8 heteroatoms. The zero-order valence-corrected chi connectivity index (χ0v) is 17.6. The van der Waals surface area contributed by atoms with Gasteiger partial charge in [-0.1, -0.05) is 12.8 Å². The van der Waals surface area contributed by atoms with Gasteiger partial charge in [0.05, 0.1) is 12.3 Å². The number of amides is 4. The Morgan fingerprint density at radius 2 is 2.10 bits per heavy atom. The second-order valence-electron chi connectivity index (χ2n) is 8.35. The van der Waals surface area contributed by atoms with Gasteiger partial charge in [-0.05, 0) is 39.2 Å². The number of fused-ring (bicyclic) bond motifs is 1. The van der Waals surface area contributed by atoms with E-state index in [1.54, 1.807) is 0 Å². The molecule has 162 valence electrons. The number of imide groups is 1. The molecular formula is C22H29N3O5. The number of nitrogens with one attached hydrogen (secondary N) is 2. The topological polar surface area (TPSA) is 97.0 Å². The van der Waals surface area contributed by atoms with Crippen LogP contribution in [0.15, 0.2) is 12.1 Å². The fourth-order valence-corrected chi connectivity index (χ4v) is 4.62. The lowest BCUT2D eigenvalue weighted by molar-refractivity contribution is -0.131. The highest BCUT2D eigenvalue weighted by Crippen LogP contribution is 2.38. The summed E-state index contributed by atoms with van der Waals surface area (Å²) < 4.78 is 11.5. The molecule has 1 aromatic rings. The van der Waals surface area contributed by atoms with Crippen molar-refractivity contribution in [1.82, 2.24) is 10.2 Å². The maximum atomic E-state index is 12.7. The van der Waals surface area contributed by atoms with E-state index in [-0.39, 0.29) is 36.9 Å². The monoisotopic (exact) mass is 415 g/mol. The Hall–Kier alpha value is -2.77. The van der Waals surface area contributed by atoms with E-state index in [9.17, 15) is 14.4 Å². The number of carbonyl (C=O) groups is 3. The van der Waals surface area contributed by atoms with Gasteiger partial charge in [-0.25, -0.2) is 4.79 Å². The molecule has 0 unspecified atom stereocenters. The fourth-order valence-electron chi connectivity index (χ4n) is 4.62. The van der Waals surface area contributed by atoms with Crippen LogP contribution in [0.25, 0.3) is 0 Å². The average molecular weight is 415 g/mol. The number of nitrogens with zero attached hydrogens (tertiary/aromatic N) is 1. The van der Waals surface area contributed by atoms with Crippen LogP contribution in [0.5, 0.6) is 11.5 Å². The van der Waals surface area contributed by atoms with Gasteiger partial charge in [0.15, 0.2) is 0 Å². The van der Waals surface area contributed by atoms with Crippen LogP contribution in [0.3, 0.4) is 0 Å². The number of benzene rings is 1. The lowest BCUT2D eigenvalue weighted by atomic mass is 9.98. The zero-order chi connectivity index (χ0) is 21.3. The molecule has 0 aromatic heterocycles. The summed E-state index contributed by atoms with van der Waals surface area (Å²) in [6, 6.07) is 3.39. The van der Waals surface area contributed by atoms with E-state index in [4.69, 9.17) is 9.47 Å². The van der Waals surface area contributed by atoms with Crippen LogP contribution in [-0.2, 0) is 16.0 Å². The van der Waals surface area contributed by atoms with Crippen molar-refractivity contribution in [1.29, 1.82) is 0 Å². The van der Waals surface area contributed by atoms with Gasteiger partial charge in [-0.15, -0.1) is 0 Å². The van der Waals surface area contributed by atoms with Crippen molar-refractivity contribution in [2.24, 2.45) is 0 Å². The molecule has 4 rings (SSSR count). The van der Waals surface area contributed by atoms with E-state index in [2.05, 4.69) is 10.6 Å². The van der Waals surface area contributed by atoms with Crippen LogP contribution in [0.1, 0.15) is 57.9 Å². The number of carbonyl (C=O) groups excluding carboxylic acids is 3. The third-order valence-corrected chi connectivity index (χ3v) is 6.06. The minimum Gasteiger partial charge on any atom is -0.492 e. The molecule has 2 heterocycles. The van der Waals surface area contributed by atoms with Crippen molar-refractivity contribution in [3.05, 3.63) is 17.7 Å². The van der Waals surface area contributed by atoms with Gasteiger partial charge >= 0.3 is 6.03 Å². The molecule has 1 aliphatic carbocycles. The Morgan fingerprint density at radius 3 is 2.83 bits per heavy atom. The van der Waals surface area contributed by atoms with Gasteiger partial charge in [0.25, 0.3) is 5.91 Å². The summed E-state index contributed by atoms with van der Waals surface area (Å²) in [6.45, 7) is 4.63. The Bertz CT molecular complexity index is 863. The molecule has 0 radical (unpaired) electrons. The normalized spacial score (nSPS) is 21.5. The molecule has 30 heavy (non-hydrogen) atoms. The Balaban J connectivity index is 1.34. The maximum Gasteiger partial charge on any atom is 0.325 e. The molecule has 1 saturated heterocycles. The molecule has 1 atom stereocenters. The number of ether oxygens (including phenoxy) is 2. The largest absolute Gasteiger partial charge is 0.492 e. The first-order chi connectivity index (χ1) is 14.4. The maximum absolute atomic E-state index is 12.7. The first-order valence-corrected chi connectivity index (χ1v) is 10.8. The van der Waals surface area contributed by atoms with Crippen LogP contribution in [0.2, 0.25) is 0 Å². The average Bonchev–Trinajstić information content (AvgIpc) is 3.36. The molecule has 3 aliphatic rings. The molecule has 8 nitrogen and oxygen atoms in total. The van der Waals surface area contributed by atoms with Crippen LogP contribution in [0, 0.1) is 0 Å². The summed E-state index contributed by atoms with van der Waals surface area (Å²) in [7, 11) is 0. The van der Waals surface area contributed by atoms with E-state index < -0.39 is 5.54 Å². The smallest absolute Gasteiger partial charge is 0.325 e. The molecule has 1 saturated carbocycles. The van der Waals surface area contributed by atoms with Gasteiger partial charge in [-0.2, -0.15) is 0 Å². The number of hydrogen-bond acceptors (Lipinski definition) is 5. The number of rotatable bonds is 7. The molecular weight excluding hydrogens is 386 g/mol. The van der Waals surface area contributed by atoms with Crippen molar-refractivity contribution in [3.8, 4) is 11.5 Å². The third-order valence-electron chi connectivity index (χ3n) is 6.06. The predicted molar refractivity (Wildman–Crippen MR) is 111 cm³/mol. The number of urea groups is 1. The lowest BCUT2D eigenvalue weighted by Crippen LogP contribution is -2.44. The Kier molecular flexibility index (Phi) is 5.58. The van der Waals surface area contributed by atoms with Gasteiger partial charge in [0.2, 0.25) is 5.91 Å². The van der Waals surface area contributed by atoms with Crippen LogP contribution >= 0.6 is 0 Å². The summed E-state index contributed by atoms with van der Waals surface area (Å²) in [5, 5.41) is 5.75. The molecule has 2 N–H and O–H groups in total. The highest BCUT2D eigenvalue weighted by Gasteiger charge is 2.52. The second kappa shape index (κ2) is 8.16. The van der Waals surface area contributed by atoms with Crippen LogP contribution < -0.4 is 20.1 Å². The van der Waals surface area contributed by atoms with E-state index >= 15 is 0 Å². The highest BCUT2D eigenvalue weighted by molar-refractivity contribution is 6.07. The van der Waals surface area contributed by atoms with E-state index in [0.29, 0.717) is 37.3 Å². The molecule has 0 bridgehead atoms. The fraction of sp³-hybridized carbons (Fsp3) is 0.591. The number of anilines is 1. The zero-order valence-electron chi connectivity index (χ0n) is 17.6. The standard InChI is InChI=1S/C22H29N3O5/c1-3-29-18-12-15-11-14(2)30-17(15)13-16(18)23-19(26)7-6-10-25-20(27)22(24-21(25)28)8-4-5-9-22/h12-14H,3-11H2,1-2H3,(H,23,26)(H,24,28)/t14-/m0/s1. The first-order valence-electron chi connectivity index (χ1n) is 10.8. The third kappa shape index (κ3) is 3.82. The quantitative estimate of drug-likeness (QED) is 0.668. The molecule has 1 aromatic carbocycles. The Morgan fingerprint density at radius 1 is 1.33 bits per heavy atom. The Labute approximate surface area is 176 Å². The van der Waals surface area contributed by atoms with Crippen molar-refractivity contribution < 1.29 is 23.9 Å². The summed E-state index contributed by atoms with van der Waals surface area (Å²) in [5.74, 6) is 1.06. The van der Waals surface area contributed by atoms with Gasteiger partial charge < -0.3 is 20.1 Å². The summed E-state index contributed by atoms with van der Waals surface area (Å²) in [5.41, 5.74) is 0.950. The van der Waals surface area contributed by atoms with E-state index in [1.807, 2.05) is 26.0 Å². The summed E-state index contributed by atoms with van der Waals surface area (Å²) in [4.78, 5) is 38.7. The van der Waals surface area contributed by atoms with Crippen molar-refractivity contribution >= 4 is 23.5 Å². The van der Waals surface area contributed by atoms with Crippen LogP contribution in [-0.4, -0.2) is 47.5 Å². The van der Waals surface area contributed by atoms with Crippen molar-refractivity contribution in [3.63, 3.8) is 0 Å². The lowest BCUT2D eigenvalue weighted by Gasteiger charge is -2.20. The minimum atomic E-state index is -0.701.